The van der Waals surface area contributed by atoms with Gasteiger partial charge in [0.2, 0.25) is 5.91 Å². The number of hydrogen-bond donors (Lipinski definition) is 1. The van der Waals surface area contributed by atoms with E-state index in [0.29, 0.717) is 31.4 Å². The molecule has 2 heterocycles. The van der Waals surface area contributed by atoms with Gasteiger partial charge in [0, 0.05) is 0 Å². The van der Waals surface area contributed by atoms with E-state index >= 15 is 0 Å². The van der Waals surface area contributed by atoms with Gasteiger partial charge in [-0.1, -0.05) is 54.1 Å². The molecule has 4 aromatic rings. The molecule has 0 saturated carbocycles. The lowest BCUT2D eigenvalue weighted by atomic mass is 10.2. The van der Waals surface area contributed by atoms with Gasteiger partial charge in [0.15, 0.2) is 0 Å². The van der Waals surface area contributed by atoms with Crippen LogP contribution in [0.5, 0.6) is 0 Å². The van der Waals surface area contributed by atoms with E-state index in [0.717, 1.165) is 16.9 Å². The van der Waals surface area contributed by atoms with Crippen LogP contribution in [0.1, 0.15) is 20.8 Å². The molecule has 2 aromatic heterocycles. The van der Waals surface area contributed by atoms with Crippen LogP contribution in [0.25, 0.3) is 10.2 Å². The number of hydrogen-bond acceptors (Lipinski definition) is 6. The zero-order valence-electron chi connectivity index (χ0n) is 17.0. The van der Waals surface area contributed by atoms with Crippen LogP contribution >= 0.6 is 22.9 Å². The van der Waals surface area contributed by atoms with E-state index < -0.39 is 17.4 Å². The molecule has 1 N–H and O–H groups in total. The van der Waals surface area contributed by atoms with E-state index in [1.165, 1.54) is 10.9 Å². The highest BCUT2D eigenvalue weighted by molar-refractivity contribution is 7.20. The quantitative estimate of drug-likeness (QED) is 0.424. The first-order chi connectivity index (χ1) is 15.4. The molecule has 0 unspecified atom stereocenters. The number of nitrogens with one attached hydrogen (secondary N) is 1. The van der Waals surface area contributed by atoms with Crippen LogP contribution in [0.3, 0.4) is 0 Å². The summed E-state index contributed by atoms with van der Waals surface area (Å²) in [5, 5.41) is 3.37. The van der Waals surface area contributed by atoms with Crippen LogP contribution in [0.15, 0.2) is 65.7 Å². The molecule has 32 heavy (non-hydrogen) atoms. The summed E-state index contributed by atoms with van der Waals surface area (Å²) in [7, 11) is 0. The van der Waals surface area contributed by atoms with Gasteiger partial charge in [0.1, 0.15) is 22.9 Å². The SMILES string of the molecule is Cc1c(C(=O)OCc2ccccc2)sc2ncn(CC(=O)Nc3ccccc3Cl)c(=O)c12. The molecule has 0 bridgehead atoms. The Hall–Kier alpha value is -3.49. The van der Waals surface area contributed by atoms with Gasteiger partial charge >= 0.3 is 5.97 Å². The maximum atomic E-state index is 13.0. The van der Waals surface area contributed by atoms with Gasteiger partial charge in [-0.05, 0) is 30.2 Å². The van der Waals surface area contributed by atoms with Gasteiger partial charge in [0.05, 0.1) is 22.4 Å². The summed E-state index contributed by atoms with van der Waals surface area (Å²) in [5.41, 5.74) is 1.41. The average molecular weight is 468 g/mol. The number of carbonyl (C=O) groups excluding carboxylic acids is 2. The minimum Gasteiger partial charge on any atom is -0.457 e. The van der Waals surface area contributed by atoms with E-state index in [-0.39, 0.29) is 13.2 Å². The van der Waals surface area contributed by atoms with Crippen molar-refractivity contribution in [2.24, 2.45) is 0 Å². The van der Waals surface area contributed by atoms with E-state index in [4.69, 9.17) is 16.3 Å². The summed E-state index contributed by atoms with van der Waals surface area (Å²) in [4.78, 5) is 43.0. The molecule has 0 spiro atoms. The number of fused-ring (bicyclic) bond motifs is 1. The number of aromatic nitrogens is 2. The van der Waals surface area contributed by atoms with Gasteiger partial charge in [-0.15, -0.1) is 11.3 Å². The first-order valence-corrected chi connectivity index (χ1v) is 10.9. The fourth-order valence-electron chi connectivity index (χ4n) is 3.16. The number of carbonyl (C=O) groups is 2. The number of anilines is 1. The van der Waals surface area contributed by atoms with E-state index in [9.17, 15) is 14.4 Å². The molecule has 0 fully saturated rings. The second-order valence-corrected chi connectivity index (χ2v) is 8.41. The molecule has 0 aliphatic rings. The molecule has 9 heteroatoms. The third-order valence-corrected chi connectivity index (χ3v) is 6.29. The van der Waals surface area contributed by atoms with Crippen molar-refractivity contribution in [2.45, 2.75) is 20.1 Å². The number of aryl methyl sites for hydroxylation is 1. The van der Waals surface area contributed by atoms with E-state index in [1.807, 2.05) is 30.3 Å². The maximum absolute atomic E-state index is 13.0. The first kappa shape index (κ1) is 21.7. The van der Waals surface area contributed by atoms with Crippen LogP contribution in [0.2, 0.25) is 5.02 Å². The van der Waals surface area contributed by atoms with E-state index in [1.54, 1.807) is 31.2 Å². The van der Waals surface area contributed by atoms with Crippen molar-refractivity contribution in [3.8, 4) is 0 Å². The maximum Gasteiger partial charge on any atom is 0.349 e. The molecule has 162 valence electrons. The van der Waals surface area contributed by atoms with Gasteiger partial charge in [-0.3, -0.25) is 14.2 Å². The normalized spacial score (nSPS) is 10.8. The predicted molar refractivity (Wildman–Crippen MR) is 124 cm³/mol. The third kappa shape index (κ3) is 4.56. The predicted octanol–water partition coefficient (Wildman–Crippen LogP) is 4.42. The minimum atomic E-state index is -0.517. The van der Waals surface area contributed by atoms with Crippen molar-refractivity contribution in [2.75, 3.05) is 5.32 Å². The Labute approximate surface area is 192 Å². The molecule has 0 aliphatic heterocycles. The largest absolute Gasteiger partial charge is 0.457 e. The van der Waals surface area contributed by atoms with Gasteiger partial charge in [-0.2, -0.15) is 0 Å². The Balaban J connectivity index is 1.54. The molecule has 7 nitrogen and oxygen atoms in total. The molecule has 0 atom stereocenters. The van der Waals surface area contributed by atoms with Crippen LogP contribution in [0.4, 0.5) is 5.69 Å². The lowest BCUT2D eigenvalue weighted by Gasteiger charge is -2.08. The zero-order valence-corrected chi connectivity index (χ0v) is 18.6. The Morgan fingerprint density at radius 3 is 2.59 bits per heavy atom. The van der Waals surface area contributed by atoms with Crippen LogP contribution < -0.4 is 10.9 Å². The standard InChI is InChI=1S/C23H18ClN3O4S/c1-14-19-21(32-20(14)23(30)31-12-15-7-3-2-4-8-15)25-13-27(22(19)29)11-18(28)26-17-10-6-5-9-16(17)24/h2-10,13H,11-12H2,1H3,(H,26,28). The fraction of sp³-hybridized carbons (Fsp3) is 0.130. The Morgan fingerprint density at radius 1 is 1.12 bits per heavy atom. The second kappa shape index (κ2) is 9.33. The van der Waals surface area contributed by atoms with E-state index in [2.05, 4.69) is 10.3 Å². The zero-order chi connectivity index (χ0) is 22.7. The van der Waals surface area contributed by atoms with Crippen LogP contribution in [-0.4, -0.2) is 21.4 Å². The summed E-state index contributed by atoms with van der Waals surface area (Å²) >= 11 is 7.16. The van der Waals surface area contributed by atoms with Crippen molar-refractivity contribution in [3.05, 3.63) is 92.3 Å². The summed E-state index contributed by atoms with van der Waals surface area (Å²) in [5.74, 6) is -0.937. The molecule has 4 rings (SSSR count). The molecule has 0 saturated heterocycles. The van der Waals surface area contributed by atoms with Crippen molar-refractivity contribution in [1.29, 1.82) is 0 Å². The average Bonchev–Trinajstić information content (AvgIpc) is 3.13. The van der Waals surface area contributed by atoms with Gasteiger partial charge in [0.25, 0.3) is 5.56 Å². The van der Waals surface area contributed by atoms with Gasteiger partial charge < -0.3 is 10.1 Å². The molecule has 0 radical (unpaired) electrons. The fourth-order valence-corrected chi connectivity index (χ4v) is 4.38. The Morgan fingerprint density at radius 2 is 1.84 bits per heavy atom. The monoisotopic (exact) mass is 467 g/mol. The number of nitrogens with zero attached hydrogens (tertiary/aromatic N) is 2. The third-order valence-electron chi connectivity index (χ3n) is 4.78. The highest BCUT2D eigenvalue weighted by atomic mass is 35.5. The Bertz CT molecular complexity index is 1360. The number of halogens is 1. The Kier molecular flexibility index (Phi) is 6.34. The van der Waals surface area contributed by atoms with Crippen molar-refractivity contribution in [1.82, 2.24) is 9.55 Å². The molecular formula is C23H18ClN3O4S. The van der Waals surface area contributed by atoms with Crippen LogP contribution in [0, 0.1) is 6.92 Å². The highest BCUT2D eigenvalue weighted by Gasteiger charge is 2.21. The number of para-hydroxylation sites is 1. The minimum absolute atomic E-state index is 0.132. The second-order valence-electron chi connectivity index (χ2n) is 7.00. The number of esters is 1. The lowest BCUT2D eigenvalue weighted by molar-refractivity contribution is -0.116. The highest BCUT2D eigenvalue weighted by Crippen LogP contribution is 2.28. The van der Waals surface area contributed by atoms with Crippen molar-refractivity contribution >= 4 is 50.7 Å². The van der Waals surface area contributed by atoms with Crippen molar-refractivity contribution in [3.63, 3.8) is 0 Å². The summed E-state index contributed by atoms with van der Waals surface area (Å²) in [6, 6.07) is 16.1. The number of rotatable bonds is 6. The number of benzene rings is 2. The summed E-state index contributed by atoms with van der Waals surface area (Å²) in [6.45, 7) is 1.57. The first-order valence-electron chi connectivity index (χ1n) is 9.68. The number of amides is 1. The van der Waals surface area contributed by atoms with Gasteiger partial charge in [-0.25, -0.2) is 9.78 Å². The number of thiophene rings is 1. The topological polar surface area (TPSA) is 90.3 Å². The molecule has 0 aliphatic carbocycles. The number of ether oxygens (including phenoxy) is 1. The van der Waals surface area contributed by atoms with Crippen molar-refractivity contribution < 1.29 is 14.3 Å². The summed E-state index contributed by atoms with van der Waals surface area (Å²) < 4.78 is 6.60. The van der Waals surface area contributed by atoms with Crippen LogP contribution in [-0.2, 0) is 22.7 Å². The summed E-state index contributed by atoms with van der Waals surface area (Å²) in [6.07, 6.45) is 1.30. The smallest absolute Gasteiger partial charge is 0.349 e. The molecule has 2 aromatic carbocycles. The lowest BCUT2D eigenvalue weighted by Crippen LogP contribution is -2.28. The molecular weight excluding hydrogens is 450 g/mol. The molecule has 1 amide bonds.